The molecule has 0 aliphatic heterocycles. The fourth-order valence-electron chi connectivity index (χ4n) is 3.76. The molecule has 1 aromatic heterocycles. The van der Waals surface area contributed by atoms with Crippen molar-refractivity contribution in [2.45, 2.75) is 51.5 Å². The van der Waals surface area contributed by atoms with E-state index < -0.39 is 5.97 Å². The fourth-order valence-corrected chi connectivity index (χ4v) is 4.46. The van der Waals surface area contributed by atoms with Gasteiger partial charge in [0.25, 0.3) is 0 Å². The number of benzene rings is 1. The molecule has 0 saturated heterocycles. The van der Waals surface area contributed by atoms with Gasteiger partial charge in [0.05, 0.1) is 23.4 Å². The molecule has 27 heavy (non-hydrogen) atoms. The van der Waals surface area contributed by atoms with Gasteiger partial charge in [-0.2, -0.15) is 0 Å². The molecule has 5 nitrogen and oxygen atoms in total. The molecule has 2 aromatic rings. The summed E-state index contributed by atoms with van der Waals surface area (Å²) >= 11 is 1.54. The number of hydrogen-bond donors (Lipinski definition) is 3. The van der Waals surface area contributed by atoms with E-state index in [-0.39, 0.29) is 17.9 Å². The molecular formula is C21H26N2O3S. The Labute approximate surface area is 163 Å². The van der Waals surface area contributed by atoms with Crippen molar-refractivity contribution < 1.29 is 14.7 Å². The van der Waals surface area contributed by atoms with E-state index in [0.717, 1.165) is 23.4 Å². The Balaban J connectivity index is 1.79. The van der Waals surface area contributed by atoms with Crippen LogP contribution in [0.4, 0.5) is 11.4 Å². The summed E-state index contributed by atoms with van der Waals surface area (Å²) in [5.74, 6) is -0.536. The lowest BCUT2D eigenvalue weighted by Gasteiger charge is -2.33. The Morgan fingerprint density at radius 3 is 2.70 bits per heavy atom. The topological polar surface area (TPSA) is 78.4 Å². The van der Waals surface area contributed by atoms with Gasteiger partial charge in [-0.25, -0.2) is 4.79 Å². The zero-order chi connectivity index (χ0) is 19.2. The van der Waals surface area contributed by atoms with E-state index in [0.29, 0.717) is 17.6 Å². The largest absolute Gasteiger partial charge is 0.478 e. The number of carboxylic acid groups (broad SMARTS) is 1. The second kappa shape index (κ2) is 9.04. The monoisotopic (exact) mass is 386 g/mol. The maximum atomic E-state index is 12.4. The summed E-state index contributed by atoms with van der Waals surface area (Å²) in [5, 5.41) is 17.7. The number of anilines is 2. The number of hydrogen-bond acceptors (Lipinski definition) is 4. The van der Waals surface area contributed by atoms with Gasteiger partial charge < -0.3 is 15.7 Å². The Morgan fingerprint density at radius 1 is 1.19 bits per heavy atom. The second-order valence-electron chi connectivity index (χ2n) is 7.07. The van der Waals surface area contributed by atoms with Crippen molar-refractivity contribution >= 4 is 34.6 Å². The molecule has 1 aliphatic rings. The first kappa shape index (κ1) is 19.4. The smallest absolute Gasteiger partial charge is 0.335 e. The number of thiophene rings is 1. The number of aromatic carboxylic acids is 1. The first-order chi connectivity index (χ1) is 13.1. The van der Waals surface area contributed by atoms with Crippen molar-refractivity contribution in [1.29, 1.82) is 0 Å². The molecule has 2 unspecified atom stereocenters. The molecule has 3 N–H and O–H groups in total. The van der Waals surface area contributed by atoms with Crippen molar-refractivity contribution in [2.24, 2.45) is 5.92 Å². The average molecular weight is 387 g/mol. The van der Waals surface area contributed by atoms with Crippen LogP contribution in [0.3, 0.4) is 0 Å². The number of amides is 1. The predicted molar refractivity (Wildman–Crippen MR) is 110 cm³/mol. The van der Waals surface area contributed by atoms with Gasteiger partial charge in [0.2, 0.25) is 5.91 Å². The van der Waals surface area contributed by atoms with Gasteiger partial charge in [0.1, 0.15) is 0 Å². The number of carboxylic acids is 1. The lowest BCUT2D eigenvalue weighted by atomic mass is 9.82. The first-order valence-electron chi connectivity index (χ1n) is 9.53. The van der Waals surface area contributed by atoms with E-state index in [9.17, 15) is 14.7 Å². The zero-order valence-corrected chi connectivity index (χ0v) is 16.3. The molecule has 3 rings (SSSR count). The highest BCUT2D eigenvalue weighted by atomic mass is 32.1. The molecule has 2 atom stereocenters. The highest BCUT2D eigenvalue weighted by Crippen LogP contribution is 2.32. The van der Waals surface area contributed by atoms with Crippen LogP contribution in [0.15, 0.2) is 35.7 Å². The quantitative estimate of drug-likeness (QED) is 0.625. The highest BCUT2D eigenvalue weighted by molar-refractivity contribution is 7.10. The van der Waals surface area contributed by atoms with Gasteiger partial charge in [-0.1, -0.05) is 32.3 Å². The summed E-state index contributed by atoms with van der Waals surface area (Å²) in [6.07, 6.45) is 6.17. The SMILES string of the molecule is CCC1CCCCC1Nc1ccc(C(=O)O)cc1NC(=O)Cc1cccs1. The molecule has 1 amide bonds. The van der Waals surface area contributed by atoms with Crippen LogP contribution in [0.5, 0.6) is 0 Å². The van der Waals surface area contributed by atoms with E-state index in [1.807, 2.05) is 17.5 Å². The maximum absolute atomic E-state index is 12.4. The molecule has 1 aromatic carbocycles. The van der Waals surface area contributed by atoms with Crippen molar-refractivity contribution in [1.82, 2.24) is 0 Å². The summed E-state index contributed by atoms with van der Waals surface area (Å²) in [4.78, 5) is 24.8. The van der Waals surface area contributed by atoms with Crippen LogP contribution in [0.2, 0.25) is 0 Å². The highest BCUT2D eigenvalue weighted by Gasteiger charge is 2.24. The van der Waals surface area contributed by atoms with Crippen LogP contribution in [0.1, 0.15) is 54.3 Å². The standard InChI is InChI=1S/C21H26N2O3S/c1-2-14-6-3-4-8-17(14)22-18-10-9-15(21(25)26)12-19(18)23-20(24)13-16-7-5-11-27-16/h5,7,9-12,14,17,22H,2-4,6,8,13H2,1H3,(H,23,24)(H,25,26). The lowest BCUT2D eigenvalue weighted by molar-refractivity contribution is -0.115. The number of carbonyl (C=O) groups is 2. The third kappa shape index (κ3) is 5.10. The van der Waals surface area contributed by atoms with Crippen molar-refractivity contribution in [3.8, 4) is 0 Å². The third-order valence-corrected chi connectivity index (χ3v) is 6.11. The molecule has 1 fully saturated rings. The molecule has 144 valence electrons. The molecule has 1 saturated carbocycles. The van der Waals surface area contributed by atoms with Gasteiger partial charge in [0.15, 0.2) is 0 Å². The maximum Gasteiger partial charge on any atom is 0.335 e. The second-order valence-corrected chi connectivity index (χ2v) is 8.11. The summed E-state index contributed by atoms with van der Waals surface area (Å²) < 4.78 is 0. The minimum absolute atomic E-state index is 0.140. The molecular weight excluding hydrogens is 360 g/mol. The normalized spacial score (nSPS) is 19.4. The summed E-state index contributed by atoms with van der Waals surface area (Å²) in [6, 6.07) is 9.09. The van der Waals surface area contributed by atoms with Crippen LogP contribution in [0.25, 0.3) is 0 Å². The molecule has 0 bridgehead atoms. The number of carbonyl (C=O) groups excluding carboxylic acids is 1. The average Bonchev–Trinajstić information content (AvgIpc) is 3.16. The van der Waals surface area contributed by atoms with Crippen LogP contribution >= 0.6 is 11.3 Å². The predicted octanol–water partition coefficient (Wildman–Crippen LogP) is 5.01. The molecule has 0 radical (unpaired) electrons. The van der Waals surface area contributed by atoms with Crippen molar-refractivity contribution in [3.05, 3.63) is 46.2 Å². The van der Waals surface area contributed by atoms with Crippen LogP contribution < -0.4 is 10.6 Å². The summed E-state index contributed by atoms with van der Waals surface area (Å²) in [6.45, 7) is 2.21. The first-order valence-corrected chi connectivity index (χ1v) is 10.4. The minimum Gasteiger partial charge on any atom is -0.478 e. The zero-order valence-electron chi connectivity index (χ0n) is 15.5. The molecule has 1 aliphatic carbocycles. The number of rotatable bonds is 7. The van der Waals surface area contributed by atoms with Gasteiger partial charge >= 0.3 is 5.97 Å². The third-order valence-electron chi connectivity index (χ3n) is 5.23. The van der Waals surface area contributed by atoms with Crippen LogP contribution in [-0.4, -0.2) is 23.0 Å². The molecule has 1 heterocycles. The fraction of sp³-hybridized carbons (Fsp3) is 0.429. The van der Waals surface area contributed by atoms with Gasteiger partial charge in [-0.3, -0.25) is 4.79 Å². The Morgan fingerprint density at radius 2 is 2.00 bits per heavy atom. The summed E-state index contributed by atoms with van der Waals surface area (Å²) in [7, 11) is 0. The Kier molecular flexibility index (Phi) is 6.50. The van der Waals surface area contributed by atoms with Gasteiger partial charge in [-0.15, -0.1) is 11.3 Å². The minimum atomic E-state index is -1.00. The van der Waals surface area contributed by atoms with Crippen LogP contribution in [0, 0.1) is 5.92 Å². The van der Waals surface area contributed by atoms with E-state index >= 15 is 0 Å². The van der Waals surface area contributed by atoms with E-state index in [4.69, 9.17) is 0 Å². The van der Waals surface area contributed by atoms with Gasteiger partial charge in [-0.05, 0) is 48.4 Å². The number of nitrogens with one attached hydrogen (secondary N) is 2. The summed E-state index contributed by atoms with van der Waals surface area (Å²) in [5.41, 5.74) is 1.50. The van der Waals surface area contributed by atoms with E-state index in [2.05, 4.69) is 17.6 Å². The lowest BCUT2D eigenvalue weighted by Crippen LogP contribution is -2.32. The molecule has 6 heteroatoms. The van der Waals surface area contributed by atoms with Crippen molar-refractivity contribution in [3.63, 3.8) is 0 Å². The Bertz CT molecular complexity index is 789. The van der Waals surface area contributed by atoms with Gasteiger partial charge in [0, 0.05) is 10.9 Å². The van der Waals surface area contributed by atoms with Crippen LogP contribution in [-0.2, 0) is 11.2 Å². The van der Waals surface area contributed by atoms with E-state index in [1.165, 1.54) is 30.6 Å². The Hall–Kier alpha value is -2.34. The molecule has 0 spiro atoms. The van der Waals surface area contributed by atoms with Crippen molar-refractivity contribution in [2.75, 3.05) is 10.6 Å². The van der Waals surface area contributed by atoms with E-state index in [1.54, 1.807) is 18.2 Å².